The lowest BCUT2D eigenvalue weighted by Crippen LogP contribution is -2.55. The Morgan fingerprint density at radius 3 is 2.56 bits per heavy atom. The van der Waals surface area contributed by atoms with Crippen molar-refractivity contribution < 1.29 is 13.2 Å². The molecule has 0 spiro atoms. The zero-order chi connectivity index (χ0) is 18.7. The van der Waals surface area contributed by atoms with E-state index < -0.39 is 10.2 Å². The molecule has 0 amide bonds. The number of fused-ring (bicyclic) bond motifs is 4. The minimum atomic E-state index is -3.37. The van der Waals surface area contributed by atoms with E-state index in [9.17, 15) is 8.42 Å². The zero-order valence-corrected chi connectivity index (χ0v) is 16.8. The molecule has 0 saturated carbocycles. The van der Waals surface area contributed by atoms with E-state index in [4.69, 9.17) is 4.74 Å². The Bertz CT molecular complexity index is 706. The lowest BCUT2D eigenvalue weighted by Gasteiger charge is -2.39. The standard InChI is InChI=1S/C20H31N3O3S/c24-27(25,22-11-13-26-14-12-22)23-16-19-8-9-20(23)17-21(15-19)10-4-7-18-5-2-1-3-6-18/h1-3,5-6,19-20H,4,7-17H2/t19-,20+/m0/s1. The summed E-state index contributed by atoms with van der Waals surface area (Å²) in [5.41, 5.74) is 1.38. The maximum atomic E-state index is 13.2. The molecule has 0 aliphatic carbocycles. The van der Waals surface area contributed by atoms with Gasteiger partial charge in [0.1, 0.15) is 0 Å². The van der Waals surface area contributed by atoms with Crippen molar-refractivity contribution in [2.45, 2.75) is 31.7 Å². The van der Waals surface area contributed by atoms with E-state index in [1.165, 1.54) is 5.56 Å². The van der Waals surface area contributed by atoms with Crippen molar-refractivity contribution in [1.82, 2.24) is 13.5 Å². The van der Waals surface area contributed by atoms with E-state index >= 15 is 0 Å². The molecule has 4 aliphatic heterocycles. The second-order valence-electron chi connectivity index (χ2n) is 8.03. The summed E-state index contributed by atoms with van der Waals surface area (Å²) >= 11 is 0. The first-order chi connectivity index (χ1) is 13.1. The summed E-state index contributed by atoms with van der Waals surface area (Å²) in [5.74, 6) is 0.455. The van der Waals surface area contributed by atoms with Gasteiger partial charge in [-0.05, 0) is 43.7 Å². The zero-order valence-electron chi connectivity index (χ0n) is 16.0. The highest BCUT2D eigenvalue weighted by Crippen LogP contribution is 2.31. The van der Waals surface area contributed by atoms with Gasteiger partial charge in [-0.3, -0.25) is 0 Å². The minimum absolute atomic E-state index is 0.119. The summed E-state index contributed by atoms with van der Waals surface area (Å²) < 4.78 is 35.1. The Morgan fingerprint density at radius 2 is 1.78 bits per heavy atom. The molecule has 27 heavy (non-hydrogen) atoms. The first kappa shape index (κ1) is 19.3. The number of rotatable bonds is 6. The van der Waals surface area contributed by atoms with Crippen LogP contribution in [0.15, 0.2) is 30.3 Å². The van der Waals surface area contributed by atoms with Crippen LogP contribution in [0.2, 0.25) is 0 Å². The van der Waals surface area contributed by atoms with Crippen molar-refractivity contribution in [3.63, 3.8) is 0 Å². The van der Waals surface area contributed by atoms with E-state index in [1.54, 1.807) is 4.31 Å². The Balaban J connectivity index is 1.37. The van der Waals surface area contributed by atoms with Crippen LogP contribution in [0.25, 0.3) is 0 Å². The van der Waals surface area contributed by atoms with Gasteiger partial charge in [-0.15, -0.1) is 0 Å². The third kappa shape index (κ3) is 4.54. The van der Waals surface area contributed by atoms with Gasteiger partial charge in [-0.25, -0.2) is 0 Å². The summed E-state index contributed by atoms with van der Waals surface area (Å²) in [7, 11) is -3.37. The topological polar surface area (TPSA) is 53.1 Å². The van der Waals surface area contributed by atoms with Crippen LogP contribution in [-0.4, -0.2) is 80.5 Å². The number of aryl methyl sites for hydroxylation is 1. The second kappa shape index (κ2) is 8.57. The third-order valence-electron chi connectivity index (χ3n) is 6.11. The van der Waals surface area contributed by atoms with Gasteiger partial charge in [0.25, 0.3) is 10.2 Å². The molecule has 7 heteroatoms. The molecule has 1 aromatic carbocycles. The molecule has 4 heterocycles. The number of nitrogens with zero attached hydrogens (tertiary/aromatic N) is 3. The van der Waals surface area contributed by atoms with Crippen molar-refractivity contribution in [1.29, 1.82) is 0 Å². The molecule has 150 valence electrons. The van der Waals surface area contributed by atoms with Gasteiger partial charge >= 0.3 is 0 Å². The highest BCUT2D eigenvalue weighted by atomic mass is 32.2. The largest absolute Gasteiger partial charge is 0.379 e. The van der Waals surface area contributed by atoms with Gasteiger partial charge in [0.05, 0.1) is 13.2 Å². The molecule has 0 unspecified atom stereocenters. The summed E-state index contributed by atoms with van der Waals surface area (Å²) in [4.78, 5) is 2.50. The predicted molar refractivity (Wildman–Crippen MR) is 106 cm³/mol. The second-order valence-corrected chi connectivity index (χ2v) is 9.92. The van der Waals surface area contributed by atoms with Gasteiger partial charge in [-0.2, -0.15) is 17.0 Å². The van der Waals surface area contributed by atoms with Crippen LogP contribution >= 0.6 is 0 Å². The fourth-order valence-corrected chi connectivity index (χ4v) is 6.53. The predicted octanol–water partition coefficient (Wildman–Crippen LogP) is 1.59. The van der Waals surface area contributed by atoms with Gasteiger partial charge in [0.2, 0.25) is 0 Å². The maximum Gasteiger partial charge on any atom is 0.282 e. The molecular weight excluding hydrogens is 362 g/mol. The molecule has 2 bridgehead atoms. The first-order valence-corrected chi connectivity index (χ1v) is 11.6. The third-order valence-corrected chi connectivity index (χ3v) is 8.17. The average Bonchev–Trinajstić information content (AvgIpc) is 3.01. The first-order valence-electron chi connectivity index (χ1n) is 10.2. The number of benzene rings is 1. The summed E-state index contributed by atoms with van der Waals surface area (Å²) in [6.07, 6.45) is 4.35. The summed E-state index contributed by atoms with van der Waals surface area (Å²) in [5, 5.41) is 0. The highest BCUT2D eigenvalue weighted by molar-refractivity contribution is 7.86. The van der Waals surface area contributed by atoms with Gasteiger partial charge in [0, 0.05) is 38.8 Å². The maximum absolute atomic E-state index is 13.2. The Hall–Kier alpha value is -0.990. The highest BCUT2D eigenvalue weighted by Gasteiger charge is 2.42. The van der Waals surface area contributed by atoms with Crippen LogP contribution in [0.1, 0.15) is 24.8 Å². The number of hydrogen-bond donors (Lipinski definition) is 0. The van der Waals surface area contributed by atoms with Crippen LogP contribution in [0.4, 0.5) is 0 Å². The molecule has 6 nitrogen and oxygen atoms in total. The van der Waals surface area contributed by atoms with Crippen molar-refractivity contribution >= 4 is 10.2 Å². The van der Waals surface area contributed by atoms with Crippen molar-refractivity contribution in [2.24, 2.45) is 5.92 Å². The molecule has 0 radical (unpaired) electrons. The van der Waals surface area contributed by atoms with Crippen LogP contribution < -0.4 is 0 Å². The quantitative estimate of drug-likeness (QED) is 0.737. The average molecular weight is 394 g/mol. The van der Waals surface area contributed by atoms with Crippen molar-refractivity contribution in [3.8, 4) is 0 Å². The molecule has 5 rings (SSSR count). The Labute approximate surface area is 163 Å². The summed E-state index contributed by atoms with van der Waals surface area (Å²) in [6, 6.07) is 10.7. The van der Waals surface area contributed by atoms with E-state index in [0.29, 0.717) is 38.8 Å². The minimum Gasteiger partial charge on any atom is -0.379 e. The van der Waals surface area contributed by atoms with Gasteiger partial charge in [-0.1, -0.05) is 30.3 Å². The van der Waals surface area contributed by atoms with E-state index in [0.717, 1.165) is 45.3 Å². The van der Waals surface area contributed by atoms with E-state index in [-0.39, 0.29) is 6.04 Å². The van der Waals surface area contributed by atoms with Crippen LogP contribution in [-0.2, 0) is 21.4 Å². The number of ether oxygens (including phenoxy) is 1. The normalized spacial score (nSPS) is 28.3. The molecule has 0 N–H and O–H groups in total. The van der Waals surface area contributed by atoms with Crippen LogP contribution in [0.3, 0.4) is 0 Å². The van der Waals surface area contributed by atoms with Gasteiger partial charge < -0.3 is 9.64 Å². The number of piperidine rings is 1. The van der Waals surface area contributed by atoms with Crippen molar-refractivity contribution in [3.05, 3.63) is 35.9 Å². The molecule has 4 fully saturated rings. The SMILES string of the molecule is O=S(=O)(N1CCOCC1)N1C[C@H]2CC[C@@H]1CN(CCCc1ccccc1)C2. The molecule has 0 aromatic heterocycles. The Morgan fingerprint density at radius 1 is 1.00 bits per heavy atom. The van der Waals surface area contributed by atoms with Crippen LogP contribution in [0, 0.1) is 5.92 Å². The molecule has 4 saturated heterocycles. The number of morpholine rings is 1. The smallest absolute Gasteiger partial charge is 0.282 e. The fraction of sp³-hybridized carbons (Fsp3) is 0.700. The fourth-order valence-electron chi connectivity index (χ4n) is 4.68. The molecule has 1 aromatic rings. The van der Waals surface area contributed by atoms with Crippen LogP contribution in [0.5, 0.6) is 0 Å². The lowest BCUT2D eigenvalue weighted by molar-refractivity contribution is 0.0678. The number of hydrogen-bond acceptors (Lipinski definition) is 4. The monoisotopic (exact) mass is 393 g/mol. The summed E-state index contributed by atoms with van der Waals surface area (Å²) in [6.45, 7) is 5.61. The molecule has 4 aliphatic rings. The van der Waals surface area contributed by atoms with Crippen molar-refractivity contribution in [2.75, 3.05) is 52.5 Å². The van der Waals surface area contributed by atoms with E-state index in [2.05, 4.69) is 35.2 Å². The molecular formula is C20H31N3O3S. The lowest BCUT2D eigenvalue weighted by atomic mass is 9.97. The van der Waals surface area contributed by atoms with E-state index in [1.807, 2.05) is 4.31 Å². The molecule has 2 atom stereocenters. The van der Waals surface area contributed by atoms with Gasteiger partial charge in [0.15, 0.2) is 0 Å². The Kier molecular flexibility index (Phi) is 6.14.